The summed E-state index contributed by atoms with van der Waals surface area (Å²) in [6, 6.07) is 12.7. The zero-order valence-corrected chi connectivity index (χ0v) is 15.7. The van der Waals surface area contributed by atoms with E-state index >= 15 is 0 Å². The van der Waals surface area contributed by atoms with Crippen LogP contribution in [0.4, 0.5) is 5.69 Å². The molecule has 142 valence electrons. The van der Waals surface area contributed by atoms with Crippen LogP contribution in [-0.4, -0.2) is 37.1 Å². The molecule has 0 saturated heterocycles. The third-order valence-electron chi connectivity index (χ3n) is 4.63. The number of Topliss-reactive ketones (excluding diaryl/α,β-unsaturated/α-hetero) is 1. The minimum Gasteiger partial charge on any atom is -0.493 e. The highest BCUT2D eigenvalue weighted by Crippen LogP contribution is 2.42. The number of nitrogens with zero attached hydrogens (tertiary/aromatic N) is 1. The molecular formula is C21H23NO5. The third-order valence-corrected chi connectivity index (χ3v) is 4.63. The van der Waals surface area contributed by atoms with Gasteiger partial charge in [-0.2, -0.15) is 0 Å². The lowest BCUT2D eigenvalue weighted by Gasteiger charge is -2.22. The van der Waals surface area contributed by atoms with Crippen molar-refractivity contribution in [1.29, 1.82) is 0 Å². The van der Waals surface area contributed by atoms with Crippen molar-refractivity contribution in [3.63, 3.8) is 0 Å². The van der Waals surface area contributed by atoms with Gasteiger partial charge in [0, 0.05) is 12.0 Å². The number of carbonyl (C=O) groups is 2. The fraction of sp³-hybridized carbons (Fsp3) is 0.333. The van der Waals surface area contributed by atoms with E-state index in [1.807, 2.05) is 25.1 Å². The number of ether oxygens (including phenoxy) is 2. The lowest BCUT2D eigenvalue weighted by Crippen LogP contribution is -2.43. The van der Waals surface area contributed by atoms with Crippen molar-refractivity contribution in [3.8, 4) is 11.5 Å². The molecule has 0 radical (unpaired) electrons. The fourth-order valence-corrected chi connectivity index (χ4v) is 3.40. The van der Waals surface area contributed by atoms with Crippen LogP contribution in [0.15, 0.2) is 42.5 Å². The Morgan fingerprint density at radius 2 is 1.89 bits per heavy atom. The maximum absolute atomic E-state index is 12.9. The van der Waals surface area contributed by atoms with Crippen molar-refractivity contribution in [1.82, 2.24) is 0 Å². The van der Waals surface area contributed by atoms with Gasteiger partial charge in [0.2, 0.25) is 0 Å². The maximum Gasteiger partial charge on any atom is 0.264 e. The first kappa shape index (κ1) is 18.9. The zero-order chi connectivity index (χ0) is 19.6. The molecule has 0 unspecified atom stereocenters. The Hall–Kier alpha value is -2.86. The SMILES string of the molecule is COc1ccccc1OCCN1C(=O)[C@](O)(CC(C)=O)c2cc(C)ccc21. The molecule has 27 heavy (non-hydrogen) atoms. The molecule has 2 aromatic rings. The quantitative estimate of drug-likeness (QED) is 0.812. The standard InChI is InChI=1S/C21H23NO5/c1-14-8-9-17-16(12-14)21(25,13-15(2)23)20(24)22(17)10-11-27-19-7-5-4-6-18(19)26-3/h4-9,12,25H,10-11,13H2,1-3H3/t21-/m0/s1. The van der Waals surface area contributed by atoms with Crippen LogP contribution < -0.4 is 14.4 Å². The molecule has 1 amide bonds. The van der Waals surface area contributed by atoms with Gasteiger partial charge in [-0.1, -0.05) is 29.8 Å². The fourth-order valence-electron chi connectivity index (χ4n) is 3.40. The first-order chi connectivity index (χ1) is 12.9. The van der Waals surface area contributed by atoms with Crippen LogP contribution in [0.2, 0.25) is 0 Å². The Bertz CT molecular complexity index is 879. The van der Waals surface area contributed by atoms with Gasteiger partial charge < -0.3 is 19.5 Å². The van der Waals surface area contributed by atoms with Gasteiger partial charge in [0.25, 0.3) is 5.91 Å². The largest absolute Gasteiger partial charge is 0.493 e. The summed E-state index contributed by atoms with van der Waals surface area (Å²) in [6.07, 6.45) is -0.244. The van der Waals surface area contributed by atoms with E-state index in [1.54, 1.807) is 31.4 Å². The molecule has 0 fully saturated rings. The average Bonchev–Trinajstić information content (AvgIpc) is 2.83. The topological polar surface area (TPSA) is 76.1 Å². The predicted molar refractivity (Wildman–Crippen MR) is 101 cm³/mol. The number of hydrogen-bond donors (Lipinski definition) is 1. The highest BCUT2D eigenvalue weighted by Gasteiger charge is 2.50. The van der Waals surface area contributed by atoms with E-state index in [0.717, 1.165) is 5.56 Å². The van der Waals surface area contributed by atoms with Gasteiger partial charge in [0.05, 0.1) is 19.3 Å². The van der Waals surface area contributed by atoms with Gasteiger partial charge in [-0.05, 0) is 32.0 Å². The molecule has 1 N–H and O–H groups in total. The minimum atomic E-state index is -1.82. The summed E-state index contributed by atoms with van der Waals surface area (Å²) in [6.45, 7) is 3.71. The number of aliphatic hydroxyl groups is 1. The number of benzene rings is 2. The molecule has 6 heteroatoms. The van der Waals surface area contributed by atoms with Gasteiger partial charge in [-0.3, -0.25) is 9.59 Å². The molecule has 0 aliphatic carbocycles. The molecule has 0 saturated carbocycles. The van der Waals surface area contributed by atoms with Crippen LogP contribution in [0.25, 0.3) is 0 Å². The first-order valence-corrected chi connectivity index (χ1v) is 8.77. The van der Waals surface area contributed by atoms with Crippen LogP contribution in [-0.2, 0) is 15.2 Å². The smallest absolute Gasteiger partial charge is 0.264 e. The van der Waals surface area contributed by atoms with Crippen molar-refractivity contribution in [3.05, 3.63) is 53.6 Å². The summed E-state index contributed by atoms with van der Waals surface area (Å²) in [5, 5.41) is 11.0. The molecule has 6 nitrogen and oxygen atoms in total. The summed E-state index contributed by atoms with van der Waals surface area (Å²) >= 11 is 0. The Balaban J connectivity index is 1.82. The van der Waals surface area contributed by atoms with Gasteiger partial charge >= 0.3 is 0 Å². The lowest BCUT2D eigenvalue weighted by atomic mass is 9.89. The van der Waals surface area contributed by atoms with E-state index < -0.39 is 11.5 Å². The number of fused-ring (bicyclic) bond motifs is 1. The number of rotatable bonds is 7. The van der Waals surface area contributed by atoms with Gasteiger partial charge in [-0.15, -0.1) is 0 Å². The second-order valence-corrected chi connectivity index (χ2v) is 6.72. The first-order valence-electron chi connectivity index (χ1n) is 8.77. The maximum atomic E-state index is 12.9. The van der Waals surface area contributed by atoms with Crippen molar-refractivity contribution in [2.45, 2.75) is 25.9 Å². The molecule has 0 spiro atoms. The van der Waals surface area contributed by atoms with Crippen LogP contribution >= 0.6 is 0 Å². The van der Waals surface area contributed by atoms with Gasteiger partial charge in [0.15, 0.2) is 17.1 Å². The Morgan fingerprint density at radius 3 is 2.56 bits per heavy atom. The van der Waals surface area contributed by atoms with Crippen molar-refractivity contribution >= 4 is 17.4 Å². The molecule has 1 aliphatic heterocycles. The molecule has 1 heterocycles. The normalized spacial score (nSPS) is 18.4. The van der Waals surface area contributed by atoms with Gasteiger partial charge in [-0.25, -0.2) is 0 Å². The lowest BCUT2D eigenvalue weighted by molar-refractivity contribution is -0.141. The Labute approximate surface area is 158 Å². The van der Waals surface area contributed by atoms with Crippen LogP contribution in [0.5, 0.6) is 11.5 Å². The monoisotopic (exact) mass is 369 g/mol. The van der Waals surface area contributed by atoms with E-state index in [4.69, 9.17) is 9.47 Å². The Morgan fingerprint density at radius 1 is 1.19 bits per heavy atom. The van der Waals surface area contributed by atoms with Crippen molar-refractivity contribution in [2.75, 3.05) is 25.2 Å². The number of para-hydroxylation sites is 2. The number of ketones is 1. The number of methoxy groups -OCH3 is 1. The molecule has 0 aromatic heterocycles. The number of aryl methyl sites for hydroxylation is 1. The highest BCUT2D eigenvalue weighted by atomic mass is 16.5. The van der Waals surface area contributed by atoms with E-state index in [2.05, 4.69) is 0 Å². The van der Waals surface area contributed by atoms with Gasteiger partial charge in [0.1, 0.15) is 12.4 Å². The van der Waals surface area contributed by atoms with Crippen molar-refractivity contribution < 1.29 is 24.2 Å². The number of anilines is 1. The molecule has 3 rings (SSSR count). The predicted octanol–water partition coefficient (Wildman–Crippen LogP) is 2.60. The molecule has 2 aromatic carbocycles. The average molecular weight is 369 g/mol. The van der Waals surface area contributed by atoms with Crippen LogP contribution in [0.3, 0.4) is 0 Å². The van der Waals surface area contributed by atoms with Crippen LogP contribution in [0, 0.1) is 6.92 Å². The van der Waals surface area contributed by atoms with E-state index in [-0.39, 0.29) is 25.4 Å². The number of carbonyl (C=O) groups excluding carboxylic acids is 2. The second kappa shape index (κ2) is 7.40. The molecule has 0 bridgehead atoms. The zero-order valence-electron chi connectivity index (χ0n) is 15.7. The summed E-state index contributed by atoms with van der Waals surface area (Å²) in [7, 11) is 1.56. The number of hydrogen-bond acceptors (Lipinski definition) is 5. The third kappa shape index (κ3) is 3.53. The van der Waals surface area contributed by atoms with E-state index in [0.29, 0.717) is 22.7 Å². The Kier molecular flexibility index (Phi) is 5.19. The summed E-state index contributed by atoms with van der Waals surface area (Å²) in [5.74, 6) is 0.441. The summed E-state index contributed by atoms with van der Waals surface area (Å²) < 4.78 is 11.0. The van der Waals surface area contributed by atoms with Crippen molar-refractivity contribution in [2.24, 2.45) is 0 Å². The van der Waals surface area contributed by atoms with E-state index in [1.165, 1.54) is 11.8 Å². The molecular weight excluding hydrogens is 346 g/mol. The highest BCUT2D eigenvalue weighted by molar-refractivity contribution is 6.08. The van der Waals surface area contributed by atoms with Crippen LogP contribution in [0.1, 0.15) is 24.5 Å². The second-order valence-electron chi connectivity index (χ2n) is 6.72. The van der Waals surface area contributed by atoms with E-state index in [9.17, 15) is 14.7 Å². The number of amides is 1. The summed E-state index contributed by atoms with van der Waals surface area (Å²) in [4.78, 5) is 26.1. The molecule has 1 atom stereocenters. The molecule has 1 aliphatic rings. The minimum absolute atomic E-state index is 0.218. The summed E-state index contributed by atoms with van der Waals surface area (Å²) in [5.41, 5.74) is 0.172.